The lowest BCUT2D eigenvalue weighted by Crippen LogP contribution is -2.43. The summed E-state index contributed by atoms with van der Waals surface area (Å²) in [6.07, 6.45) is 1.05. The number of carbonyl (C=O) groups is 2. The summed E-state index contributed by atoms with van der Waals surface area (Å²) in [5.74, 6) is -1.57. The largest absolute Gasteiger partial charge is 0.481 e. The summed E-state index contributed by atoms with van der Waals surface area (Å²) in [5.41, 5.74) is 6.79. The van der Waals surface area contributed by atoms with Crippen molar-refractivity contribution in [1.29, 1.82) is 0 Å². The molecule has 0 spiro atoms. The van der Waals surface area contributed by atoms with Crippen LogP contribution in [-0.4, -0.2) is 30.1 Å². The van der Waals surface area contributed by atoms with E-state index in [1.165, 1.54) is 11.2 Å². The molecule has 0 radical (unpaired) electrons. The summed E-state index contributed by atoms with van der Waals surface area (Å²) in [7, 11) is 1.54. The van der Waals surface area contributed by atoms with Gasteiger partial charge in [0.15, 0.2) is 0 Å². The third-order valence-electron chi connectivity index (χ3n) is 2.86. The fourth-order valence-corrected chi connectivity index (χ4v) is 1.87. The molecule has 0 fully saturated rings. The van der Waals surface area contributed by atoms with Gasteiger partial charge in [-0.25, -0.2) is 0 Å². The smallest absolute Gasteiger partial charge is 0.305 e. The number of furan rings is 1. The van der Waals surface area contributed by atoms with E-state index in [4.69, 9.17) is 15.3 Å². The molecular formula is C13H14N2O4. The van der Waals surface area contributed by atoms with Crippen molar-refractivity contribution in [3.05, 3.63) is 30.5 Å². The molecule has 19 heavy (non-hydrogen) atoms. The molecule has 0 bridgehead atoms. The van der Waals surface area contributed by atoms with Gasteiger partial charge in [-0.05, 0) is 12.1 Å². The third-order valence-corrected chi connectivity index (χ3v) is 2.86. The Morgan fingerprint density at radius 3 is 2.79 bits per heavy atom. The van der Waals surface area contributed by atoms with E-state index in [1.54, 1.807) is 13.1 Å². The van der Waals surface area contributed by atoms with Crippen molar-refractivity contribution in [2.75, 3.05) is 11.9 Å². The number of carbonyl (C=O) groups excluding carboxylic acids is 1. The summed E-state index contributed by atoms with van der Waals surface area (Å²) >= 11 is 0. The molecule has 1 heterocycles. The Bertz CT molecular complexity index is 620. The zero-order valence-electron chi connectivity index (χ0n) is 10.4. The Labute approximate surface area is 109 Å². The van der Waals surface area contributed by atoms with Crippen molar-refractivity contribution in [2.24, 2.45) is 5.73 Å². The van der Waals surface area contributed by atoms with Gasteiger partial charge in [0, 0.05) is 12.4 Å². The minimum absolute atomic E-state index is 0.404. The van der Waals surface area contributed by atoms with Gasteiger partial charge in [-0.3, -0.25) is 9.59 Å². The first-order valence-electron chi connectivity index (χ1n) is 5.72. The fraction of sp³-hybridized carbons (Fsp3) is 0.231. The lowest BCUT2D eigenvalue weighted by atomic mass is 10.1. The molecule has 6 nitrogen and oxygen atoms in total. The lowest BCUT2D eigenvalue weighted by molar-refractivity contribution is -0.139. The maximum atomic E-state index is 12.0. The first-order chi connectivity index (χ1) is 9.00. The van der Waals surface area contributed by atoms with Crippen molar-refractivity contribution in [3.8, 4) is 0 Å². The van der Waals surface area contributed by atoms with Crippen molar-refractivity contribution >= 4 is 28.5 Å². The van der Waals surface area contributed by atoms with Crippen LogP contribution in [0.5, 0.6) is 0 Å². The van der Waals surface area contributed by atoms with Gasteiger partial charge < -0.3 is 20.2 Å². The van der Waals surface area contributed by atoms with E-state index in [0.717, 1.165) is 5.39 Å². The molecule has 2 aromatic rings. The highest BCUT2D eigenvalue weighted by Gasteiger charge is 2.23. The number of anilines is 1. The predicted octanol–water partition coefficient (Wildman–Crippen LogP) is 1.20. The monoisotopic (exact) mass is 262 g/mol. The lowest BCUT2D eigenvalue weighted by Gasteiger charge is -2.19. The van der Waals surface area contributed by atoms with Crippen molar-refractivity contribution < 1.29 is 19.1 Å². The summed E-state index contributed by atoms with van der Waals surface area (Å²) in [6.45, 7) is 0. The Hall–Kier alpha value is -2.34. The molecule has 1 aromatic carbocycles. The maximum absolute atomic E-state index is 12.0. The average molecular weight is 262 g/mol. The standard InChI is InChI=1S/C13H14N2O4/c1-15(13(18)9(14)6-12(16)17)10-7-19-11-5-3-2-4-8(10)11/h2-5,7,9H,6,14H2,1H3,(H,16,17). The number of benzene rings is 1. The molecule has 0 saturated heterocycles. The molecule has 0 saturated carbocycles. The molecule has 2 rings (SSSR count). The van der Waals surface area contributed by atoms with Crippen molar-refractivity contribution in [1.82, 2.24) is 0 Å². The van der Waals surface area contributed by atoms with E-state index in [1.807, 2.05) is 18.2 Å². The number of para-hydroxylation sites is 1. The van der Waals surface area contributed by atoms with Crippen LogP contribution in [0.15, 0.2) is 34.9 Å². The number of fused-ring (bicyclic) bond motifs is 1. The van der Waals surface area contributed by atoms with E-state index in [0.29, 0.717) is 11.3 Å². The molecule has 100 valence electrons. The van der Waals surface area contributed by atoms with E-state index in [-0.39, 0.29) is 0 Å². The minimum atomic E-state index is -1.11. The van der Waals surface area contributed by atoms with Crippen molar-refractivity contribution in [2.45, 2.75) is 12.5 Å². The van der Waals surface area contributed by atoms with E-state index >= 15 is 0 Å². The van der Waals surface area contributed by atoms with Gasteiger partial charge in [0.2, 0.25) is 5.91 Å². The molecule has 1 aromatic heterocycles. The molecule has 0 aliphatic carbocycles. The second-order valence-corrected chi connectivity index (χ2v) is 4.22. The first-order valence-corrected chi connectivity index (χ1v) is 5.72. The van der Waals surface area contributed by atoms with Crippen LogP contribution in [-0.2, 0) is 9.59 Å². The summed E-state index contributed by atoms with van der Waals surface area (Å²) in [4.78, 5) is 23.9. The molecule has 1 unspecified atom stereocenters. The summed E-state index contributed by atoms with van der Waals surface area (Å²) in [5, 5.41) is 9.43. The fourth-order valence-electron chi connectivity index (χ4n) is 1.87. The second-order valence-electron chi connectivity index (χ2n) is 4.22. The minimum Gasteiger partial charge on any atom is -0.481 e. The van der Waals surface area contributed by atoms with Crippen LogP contribution < -0.4 is 10.6 Å². The first kappa shape index (κ1) is 13.1. The maximum Gasteiger partial charge on any atom is 0.305 e. The third kappa shape index (κ3) is 2.58. The van der Waals surface area contributed by atoms with E-state index in [2.05, 4.69) is 0 Å². The highest BCUT2D eigenvalue weighted by molar-refractivity contribution is 6.04. The molecule has 0 aliphatic rings. The van der Waals surface area contributed by atoms with E-state index in [9.17, 15) is 9.59 Å². The number of likely N-dealkylation sites (N-methyl/N-ethyl adjacent to an activating group) is 1. The SMILES string of the molecule is CN(C(=O)C(N)CC(=O)O)c1coc2ccccc12. The summed E-state index contributed by atoms with van der Waals surface area (Å²) < 4.78 is 5.33. The number of amides is 1. The number of hydrogen-bond acceptors (Lipinski definition) is 4. The molecule has 0 aliphatic heterocycles. The summed E-state index contributed by atoms with van der Waals surface area (Å²) in [6, 6.07) is 6.19. The Morgan fingerprint density at radius 2 is 2.11 bits per heavy atom. The van der Waals surface area contributed by atoms with Gasteiger partial charge in [0.1, 0.15) is 11.8 Å². The van der Waals surface area contributed by atoms with Gasteiger partial charge in [0.25, 0.3) is 0 Å². The molecule has 1 atom stereocenters. The number of hydrogen-bond donors (Lipinski definition) is 2. The number of nitrogens with two attached hydrogens (primary N) is 1. The van der Waals surface area contributed by atoms with Crippen LogP contribution in [0.25, 0.3) is 11.0 Å². The number of rotatable bonds is 4. The predicted molar refractivity (Wildman–Crippen MR) is 69.9 cm³/mol. The number of aliphatic carboxylic acids is 1. The molecular weight excluding hydrogens is 248 g/mol. The Morgan fingerprint density at radius 1 is 1.42 bits per heavy atom. The van der Waals surface area contributed by atoms with Crippen molar-refractivity contribution in [3.63, 3.8) is 0 Å². The van der Waals surface area contributed by atoms with Crippen LogP contribution in [0.2, 0.25) is 0 Å². The van der Waals surface area contributed by atoms with Crippen LogP contribution in [0, 0.1) is 0 Å². The highest BCUT2D eigenvalue weighted by Crippen LogP contribution is 2.28. The van der Waals surface area contributed by atoms with E-state index < -0.39 is 24.3 Å². The Kier molecular flexibility index (Phi) is 3.52. The van der Waals surface area contributed by atoms with Crippen LogP contribution in [0.4, 0.5) is 5.69 Å². The zero-order valence-corrected chi connectivity index (χ0v) is 10.4. The normalized spacial score (nSPS) is 12.3. The van der Waals surface area contributed by atoms with Gasteiger partial charge in [-0.15, -0.1) is 0 Å². The quantitative estimate of drug-likeness (QED) is 0.862. The number of carboxylic acids is 1. The van der Waals surface area contributed by atoms with Gasteiger partial charge in [-0.1, -0.05) is 12.1 Å². The number of carboxylic acid groups (broad SMARTS) is 1. The second kappa shape index (κ2) is 5.11. The highest BCUT2D eigenvalue weighted by atomic mass is 16.4. The van der Waals surface area contributed by atoms with Gasteiger partial charge in [0.05, 0.1) is 18.2 Å². The average Bonchev–Trinajstić information content (AvgIpc) is 2.80. The zero-order chi connectivity index (χ0) is 14.0. The van der Waals surface area contributed by atoms with Gasteiger partial charge in [-0.2, -0.15) is 0 Å². The molecule has 3 N–H and O–H groups in total. The number of nitrogens with zero attached hydrogens (tertiary/aromatic N) is 1. The molecule has 1 amide bonds. The van der Waals surface area contributed by atoms with Gasteiger partial charge >= 0.3 is 5.97 Å². The van der Waals surface area contributed by atoms with Crippen LogP contribution in [0.1, 0.15) is 6.42 Å². The van der Waals surface area contributed by atoms with Crippen LogP contribution in [0.3, 0.4) is 0 Å². The molecule has 6 heteroatoms. The Balaban J connectivity index is 2.26. The topological polar surface area (TPSA) is 96.8 Å². The van der Waals surface area contributed by atoms with Crippen LogP contribution >= 0.6 is 0 Å².